The minimum Gasteiger partial charge on any atom is -0.469 e. The van der Waals surface area contributed by atoms with E-state index in [0.29, 0.717) is 5.76 Å². The van der Waals surface area contributed by atoms with E-state index < -0.39 is 23.4 Å². The van der Waals surface area contributed by atoms with E-state index >= 15 is 0 Å². The maximum Gasteiger partial charge on any atom is 0.261 e. The molecule has 0 fully saturated rings. The summed E-state index contributed by atoms with van der Waals surface area (Å²) in [6.45, 7) is 3.09. The molecule has 4 rings (SSSR count). The monoisotopic (exact) mass is 471 g/mol. The number of nitrogens with zero attached hydrogens (tertiary/aromatic N) is 1. The number of furan rings is 1. The van der Waals surface area contributed by atoms with E-state index in [9.17, 15) is 18.4 Å². The molecule has 0 bridgehead atoms. The van der Waals surface area contributed by atoms with Gasteiger partial charge in [0.15, 0.2) is 0 Å². The number of benzene rings is 2. The number of hydrogen-bond donors (Lipinski definition) is 2. The van der Waals surface area contributed by atoms with E-state index in [1.165, 1.54) is 49.6 Å². The Kier molecular flexibility index (Phi) is 5.97. The number of hydrogen-bond acceptors (Lipinski definition) is 5. The number of carbonyl (C=O) groups is 2. The van der Waals surface area contributed by atoms with Gasteiger partial charge >= 0.3 is 0 Å². The van der Waals surface area contributed by atoms with Crippen molar-refractivity contribution >= 4 is 34.8 Å². The van der Waals surface area contributed by atoms with Crippen LogP contribution in [0.1, 0.15) is 32.2 Å². The lowest BCUT2D eigenvalue weighted by Crippen LogP contribution is -2.16. The quantitative estimate of drug-likeness (QED) is 0.372. The van der Waals surface area contributed by atoms with Gasteiger partial charge in [-0.25, -0.2) is 8.78 Å². The van der Waals surface area contributed by atoms with Gasteiger partial charge in [0.1, 0.15) is 34.4 Å². The molecule has 2 heterocycles. The van der Waals surface area contributed by atoms with Crippen LogP contribution >= 0.6 is 11.6 Å². The van der Waals surface area contributed by atoms with Crippen LogP contribution in [-0.4, -0.2) is 17.0 Å². The first-order chi connectivity index (χ1) is 15.8. The number of carbonyl (C=O) groups excluding carboxylic acids is 2. The summed E-state index contributed by atoms with van der Waals surface area (Å²) in [6.07, 6.45) is 1.35. The number of anilines is 2. The van der Waals surface area contributed by atoms with Gasteiger partial charge in [-0.15, -0.1) is 0 Å². The predicted octanol–water partition coefficient (Wildman–Crippen LogP) is 5.99. The predicted molar refractivity (Wildman–Crippen MR) is 117 cm³/mol. The molecule has 33 heavy (non-hydrogen) atoms. The van der Waals surface area contributed by atoms with Crippen molar-refractivity contribution in [2.45, 2.75) is 13.8 Å². The van der Waals surface area contributed by atoms with Crippen molar-refractivity contribution in [2.24, 2.45) is 0 Å². The van der Waals surface area contributed by atoms with E-state index in [-0.39, 0.29) is 44.5 Å². The molecule has 4 aromatic rings. The zero-order chi connectivity index (χ0) is 23.7. The number of aromatic nitrogens is 1. The first-order valence-electron chi connectivity index (χ1n) is 9.63. The molecule has 0 aliphatic heterocycles. The molecule has 168 valence electrons. The summed E-state index contributed by atoms with van der Waals surface area (Å²) in [6, 6.07) is 9.17. The number of rotatable bonds is 5. The number of halogens is 3. The van der Waals surface area contributed by atoms with Crippen molar-refractivity contribution in [1.29, 1.82) is 0 Å². The minimum absolute atomic E-state index is 0.0362. The SMILES string of the molecule is Cc1occc1C(=O)Nc1cc(NC(=O)c2c(-c3c(F)cccc3Cl)noc2C)ccc1F. The van der Waals surface area contributed by atoms with Crippen LogP contribution in [0.2, 0.25) is 5.02 Å². The Bertz CT molecular complexity index is 1360. The molecule has 2 aromatic heterocycles. The normalized spacial score (nSPS) is 10.8. The summed E-state index contributed by atoms with van der Waals surface area (Å²) in [5, 5.41) is 8.87. The molecule has 0 aliphatic carbocycles. The molecule has 0 saturated carbocycles. The Labute approximate surface area is 191 Å². The van der Waals surface area contributed by atoms with Crippen LogP contribution in [0.15, 0.2) is 57.7 Å². The average Bonchev–Trinajstić information content (AvgIpc) is 3.36. The Balaban J connectivity index is 1.62. The highest BCUT2D eigenvalue weighted by atomic mass is 35.5. The van der Waals surface area contributed by atoms with Gasteiger partial charge in [-0.05, 0) is 50.2 Å². The van der Waals surface area contributed by atoms with Crippen molar-refractivity contribution in [2.75, 3.05) is 10.6 Å². The Morgan fingerprint density at radius 3 is 2.45 bits per heavy atom. The first-order valence-corrected chi connectivity index (χ1v) is 10.0. The molecule has 0 atom stereocenters. The van der Waals surface area contributed by atoms with Crippen molar-refractivity contribution in [3.63, 3.8) is 0 Å². The molecule has 0 unspecified atom stereocenters. The van der Waals surface area contributed by atoms with Crippen molar-refractivity contribution in [1.82, 2.24) is 5.16 Å². The summed E-state index contributed by atoms with van der Waals surface area (Å²) in [4.78, 5) is 25.4. The maximum atomic E-state index is 14.4. The van der Waals surface area contributed by atoms with Crippen LogP contribution in [0, 0.1) is 25.5 Å². The van der Waals surface area contributed by atoms with Crippen molar-refractivity contribution < 1.29 is 27.3 Å². The fourth-order valence-corrected chi connectivity index (χ4v) is 3.49. The lowest BCUT2D eigenvalue weighted by Gasteiger charge is -2.10. The number of aryl methyl sites for hydroxylation is 2. The van der Waals surface area contributed by atoms with E-state index in [1.807, 2.05) is 0 Å². The van der Waals surface area contributed by atoms with Gasteiger partial charge in [0.25, 0.3) is 11.8 Å². The minimum atomic E-state index is -0.706. The molecule has 0 saturated heterocycles. The number of nitrogens with one attached hydrogen (secondary N) is 2. The third kappa shape index (κ3) is 4.35. The van der Waals surface area contributed by atoms with Gasteiger partial charge < -0.3 is 19.6 Å². The third-order valence-corrected chi connectivity index (χ3v) is 5.18. The second kappa shape index (κ2) is 8.87. The summed E-state index contributed by atoms with van der Waals surface area (Å²) < 4.78 is 38.9. The van der Waals surface area contributed by atoms with E-state index in [1.54, 1.807) is 6.92 Å². The summed E-state index contributed by atoms with van der Waals surface area (Å²) in [5.74, 6) is -2.13. The van der Waals surface area contributed by atoms with Crippen molar-refractivity contribution in [3.05, 3.63) is 88.0 Å². The topological polar surface area (TPSA) is 97.4 Å². The second-order valence-electron chi connectivity index (χ2n) is 7.05. The van der Waals surface area contributed by atoms with Crippen molar-refractivity contribution in [3.8, 4) is 11.3 Å². The molecule has 7 nitrogen and oxygen atoms in total. The molecule has 2 aromatic carbocycles. The van der Waals surface area contributed by atoms with Gasteiger partial charge in [-0.1, -0.05) is 22.8 Å². The van der Waals surface area contributed by atoms with Crippen LogP contribution < -0.4 is 10.6 Å². The molecule has 0 spiro atoms. The summed E-state index contributed by atoms with van der Waals surface area (Å²) >= 11 is 6.11. The first kappa shape index (κ1) is 22.2. The van der Waals surface area contributed by atoms with Crippen LogP contribution in [0.5, 0.6) is 0 Å². The summed E-state index contributed by atoms with van der Waals surface area (Å²) in [5.41, 5.74) is 0.0776. The Morgan fingerprint density at radius 1 is 0.970 bits per heavy atom. The maximum absolute atomic E-state index is 14.4. The molecule has 10 heteroatoms. The fraction of sp³-hybridized carbons (Fsp3) is 0.0870. The molecule has 0 radical (unpaired) electrons. The molecule has 2 N–H and O–H groups in total. The van der Waals surface area contributed by atoms with Crippen LogP contribution in [0.4, 0.5) is 20.2 Å². The highest BCUT2D eigenvalue weighted by Gasteiger charge is 2.26. The van der Waals surface area contributed by atoms with E-state index in [4.69, 9.17) is 20.5 Å². The Hall–Kier alpha value is -3.98. The zero-order valence-corrected chi connectivity index (χ0v) is 18.1. The third-order valence-electron chi connectivity index (χ3n) is 4.87. The van der Waals surface area contributed by atoms with Gasteiger partial charge in [0.05, 0.1) is 28.1 Å². The lowest BCUT2D eigenvalue weighted by molar-refractivity contribution is 0.101. The molecule has 0 aliphatic rings. The molecular formula is C23H16ClF2N3O4. The van der Waals surface area contributed by atoms with Gasteiger partial charge in [0.2, 0.25) is 0 Å². The zero-order valence-electron chi connectivity index (χ0n) is 17.3. The molecule has 2 amide bonds. The van der Waals surface area contributed by atoms with E-state index in [2.05, 4.69) is 15.8 Å². The second-order valence-corrected chi connectivity index (χ2v) is 7.46. The van der Waals surface area contributed by atoms with E-state index in [0.717, 1.165) is 6.07 Å². The molecular weight excluding hydrogens is 456 g/mol. The van der Waals surface area contributed by atoms with Crippen LogP contribution in [-0.2, 0) is 0 Å². The van der Waals surface area contributed by atoms with Crippen LogP contribution in [0.25, 0.3) is 11.3 Å². The van der Waals surface area contributed by atoms with Crippen LogP contribution in [0.3, 0.4) is 0 Å². The largest absolute Gasteiger partial charge is 0.469 e. The van der Waals surface area contributed by atoms with Gasteiger partial charge in [-0.2, -0.15) is 0 Å². The summed E-state index contributed by atoms with van der Waals surface area (Å²) in [7, 11) is 0. The van der Waals surface area contributed by atoms with Gasteiger partial charge in [-0.3, -0.25) is 9.59 Å². The lowest BCUT2D eigenvalue weighted by atomic mass is 10.0. The average molecular weight is 472 g/mol. The smallest absolute Gasteiger partial charge is 0.261 e. The fourth-order valence-electron chi connectivity index (χ4n) is 3.24. The number of amides is 2. The standard InChI is InChI=1S/C23H16ClF2N3O4/c1-11-14(8-9-32-11)22(30)28-18-10-13(6-7-16(18)25)27-23(31)19-12(2)33-29-21(19)20-15(24)4-3-5-17(20)26/h3-10H,1-2H3,(H,27,31)(H,28,30). The highest BCUT2D eigenvalue weighted by Crippen LogP contribution is 2.34. The van der Waals surface area contributed by atoms with Gasteiger partial charge in [0, 0.05) is 5.69 Å². The Morgan fingerprint density at radius 2 is 1.76 bits per heavy atom. The highest BCUT2D eigenvalue weighted by molar-refractivity contribution is 6.33.